The van der Waals surface area contributed by atoms with Crippen LogP contribution in [0.2, 0.25) is 0 Å². The highest BCUT2D eigenvalue weighted by Gasteiger charge is 2.44. The van der Waals surface area contributed by atoms with Crippen molar-refractivity contribution in [2.45, 2.75) is 33.3 Å². The number of aliphatic hydroxyl groups is 1. The first-order chi connectivity index (χ1) is 8.70. The highest BCUT2D eigenvalue weighted by atomic mass is 16.6. The Labute approximate surface area is 113 Å². The average Bonchev–Trinajstić information content (AvgIpc) is 2.35. The predicted octanol–water partition coefficient (Wildman–Crippen LogP) is 2.21. The molecule has 4 heteroatoms. The van der Waals surface area contributed by atoms with Crippen molar-refractivity contribution in [3.8, 4) is 0 Å². The van der Waals surface area contributed by atoms with Crippen LogP contribution >= 0.6 is 0 Å². The van der Waals surface area contributed by atoms with Crippen molar-refractivity contribution in [3.63, 3.8) is 0 Å². The van der Waals surface area contributed by atoms with Crippen molar-refractivity contribution in [2.75, 3.05) is 6.61 Å². The third-order valence-electron chi connectivity index (χ3n) is 2.70. The fraction of sp³-hybridized carbons (Fsp3) is 0.467. The first-order valence-corrected chi connectivity index (χ1v) is 6.15. The molecule has 19 heavy (non-hydrogen) atoms. The number of esters is 1. The first-order valence-electron chi connectivity index (χ1n) is 6.15. The minimum atomic E-state index is -1.57. The Bertz CT molecular complexity index is 459. The Morgan fingerprint density at radius 3 is 2.05 bits per heavy atom. The highest BCUT2D eigenvalue weighted by Crippen LogP contribution is 2.26. The van der Waals surface area contributed by atoms with Gasteiger partial charge in [0.2, 0.25) is 0 Å². The van der Waals surface area contributed by atoms with Gasteiger partial charge in [-0.15, -0.1) is 0 Å². The normalized spacial score (nSPS) is 14.6. The van der Waals surface area contributed by atoms with Crippen LogP contribution in [0.25, 0.3) is 0 Å². The van der Waals surface area contributed by atoms with Crippen LogP contribution in [-0.4, -0.2) is 29.1 Å². The Morgan fingerprint density at radius 1 is 1.11 bits per heavy atom. The summed E-state index contributed by atoms with van der Waals surface area (Å²) >= 11 is 0. The van der Waals surface area contributed by atoms with Crippen molar-refractivity contribution in [1.82, 2.24) is 0 Å². The van der Waals surface area contributed by atoms with Gasteiger partial charge in [0, 0.05) is 5.56 Å². The Hall–Kier alpha value is -1.68. The molecule has 0 saturated heterocycles. The van der Waals surface area contributed by atoms with E-state index in [-0.39, 0.29) is 0 Å². The third kappa shape index (κ3) is 3.64. The lowest BCUT2D eigenvalue weighted by molar-refractivity contribution is -0.165. The minimum absolute atomic E-state index is 0.380. The summed E-state index contributed by atoms with van der Waals surface area (Å²) in [4.78, 5) is 24.5. The fourth-order valence-corrected chi connectivity index (χ4v) is 1.53. The highest BCUT2D eigenvalue weighted by molar-refractivity contribution is 6.12. The van der Waals surface area contributed by atoms with Gasteiger partial charge >= 0.3 is 5.97 Å². The summed E-state index contributed by atoms with van der Waals surface area (Å²) in [6.07, 6.45) is 0. The number of rotatable bonds is 4. The van der Waals surface area contributed by atoms with Gasteiger partial charge in [0.1, 0.15) is 5.60 Å². The molecule has 0 unspecified atom stereocenters. The predicted molar refractivity (Wildman–Crippen MR) is 71.8 cm³/mol. The van der Waals surface area contributed by atoms with Crippen molar-refractivity contribution < 1.29 is 19.4 Å². The number of hydrogen-bond acceptors (Lipinski definition) is 4. The van der Waals surface area contributed by atoms with Gasteiger partial charge in [-0.25, -0.2) is 0 Å². The molecule has 0 aliphatic carbocycles. The van der Waals surface area contributed by atoms with Gasteiger partial charge in [-0.05, 0) is 27.7 Å². The van der Waals surface area contributed by atoms with E-state index < -0.39 is 29.4 Å². The molecule has 104 valence electrons. The zero-order chi connectivity index (χ0) is 14.7. The standard InChI is InChI=1S/C15H20O4/c1-14(2,3)19-13(18)15(4,10-16)12(17)11-8-6-5-7-9-11/h5-9,16H,10H2,1-4H3/t15-/m0/s1. The molecule has 0 aliphatic rings. The molecule has 1 aromatic rings. The molecule has 0 bridgehead atoms. The van der Waals surface area contributed by atoms with E-state index in [1.54, 1.807) is 51.1 Å². The lowest BCUT2D eigenvalue weighted by Crippen LogP contribution is -2.44. The van der Waals surface area contributed by atoms with E-state index in [1.165, 1.54) is 6.92 Å². The van der Waals surface area contributed by atoms with Crippen LogP contribution in [0.5, 0.6) is 0 Å². The molecular formula is C15H20O4. The summed E-state index contributed by atoms with van der Waals surface area (Å²) in [7, 11) is 0. The lowest BCUT2D eigenvalue weighted by atomic mass is 9.83. The summed E-state index contributed by atoms with van der Waals surface area (Å²) in [5.74, 6) is -1.15. The molecule has 0 spiro atoms. The zero-order valence-corrected chi connectivity index (χ0v) is 11.8. The van der Waals surface area contributed by atoms with E-state index in [1.807, 2.05) is 0 Å². The number of carbonyl (C=O) groups is 2. The zero-order valence-electron chi connectivity index (χ0n) is 11.8. The summed E-state index contributed by atoms with van der Waals surface area (Å²) in [6, 6.07) is 8.42. The molecule has 0 radical (unpaired) electrons. The van der Waals surface area contributed by atoms with E-state index in [4.69, 9.17) is 4.74 Å². The Kier molecular flexibility index (Phi) is 4.48. The smallest absolute Gasteiger partial charge is 0.322 e. The second kappa shape index (κ2) is 5.53. The molecule has 1 rings (SSSR count). The summed E-state index contributed by atoms with van der Waals surface area (Å²) in [5, 5.41) is 9.46. The molecule has 1 atom stereocenters. The van der Waals surface area contributed by atoms with E-state index in [0.717, 1.165) is 0 Å². The lowest BCUT2D eigenvalue weighted by Gasteiger charge is -2.28. The van der Waals surface area contributed by atoms with Crippen molar-refractivity contribution in [2.24, 2.45) is 5.41 Å². The molecule has 1 N–H and O–H groups in total. The maximum Gasteiger partial charge on any atom is 0.322 e. The molecule has 0 aliphatic heterocycles. The number of ether oxygens (including phenoxy) is 1. The van der Waals surface area contributed by atoms with E-state index in [0.29, 0.717) is 5.56 Å². The third-order valence-corrected chi connectivity index (χ3v) is 2.70. The maximum atomic E-state index is 12.4. The summed E-state index contributed by atoms with van der Waals surface area (Å²) < 4.78 is 5.22. The van der Waals surface area contributed by atoms with Crippen LogP contribution in [0.15, 0.2) is 30.3 Å². The van der Waals surface area contributed by atoms with Crippen molar-refractivity contribution >= 4 is 11.8 Å². The number of aliphatic hydroxyl groups excluding tert-OH is 1. The molecule has 1 aromatic carbocycles. The second-order valence-electron chi connectivity index (χ2n) is 5.69. The van der Waals surface area contributed by atoms with Gasteiger partial charge in [-0.1, -0.05) is 30.3 Å². The minimum Gasteiger partial charge on any atom is -0.459 e. The summed E-state index contributed by atoms with van der Waals surface area (Å²) in [6.45, 7) is 5.97. The van der Waals surface area contributed by atoms with Gasteiger partial charge < -0.3 is 9.84 Å². The second-order valence-corrected chi connectivity index (χ2v) is 5.69. The van der Waals surface area contributed by atoms with Crippen LogP contribution in [0.1, 0.15) is 38.1 Å². The SMILES string of the molecule is CC(C)(C)OC(=O)[C@@](C)(CO)C(=O)c1ccccc1. The van der Waals surface area contributed by atoms with E-state index in [2.05, 4.69) is 0 Å². The van der Waals surface area contributed by atoms with Gasteiger partial charge in [-0.2, -0.15) is 0 Å². The van der Waals surface area contributed by atoms with Crippen LogP contribution in [-0.2, 0) is 9.53 Å². The summed E-state index contributed by atoms with van der Waals surface area (Å²) in [5.41, 5.74) is -1.90. The molecule has 0 heterocycles. The number of Topliss-reactive ketones (excluding diaryl/α,β-unsaturated/α-hetero) is 1. The average molecular weight is 264 g/mol. The van der Waals surface area contributed by atoms with Crippen LogP contribution in [0.4, 0.5) is 0 Å². The molecular weight excluding hydrogens is 244 g/mol. The monoisotopic (exact) mass is 264 g/mol. The van der Waals surface area contributed by atoms with Gasteiger partial charge in [0.05, 0.1) is 6.61 Å². The van der Waals surface area contributed by atoms with Gasteiger partial charge in [0.25, 0.3) is 0 Å². The largest absolute Gasteiger partial charge is 0.459 e. The molecule has 0 amide bonds. The number of hydrogen-bond donors (Lipinski definition) is 1. The van der Waals surface area contributed by atoms with Crippen LogP contribution in [0.3, 0.4) is 0 Å². The molecule has 0 fully saturated rings. The Morgan fingerprint density at radius 2 is 1.63 bits per heavy atom. The maximum absolute atomic E-state index is 12.4. The first kappa shape index (κ1) is 15.4. The number of benzene rings is 1. The van der Waals surface area contributed by atoms with Crippen molar-refractivity contribution in [3.05, 3.63) is 35.9 Å². The van der Waals surface area contributed by atoms with Crippen LogP contribution in [0, 0.1) is 5.41 Å². The number of carbonyl (C=O) groups excluding carboxylic acids is 2. The fourth-order valence-electron chi connectivity index (χ4n) is 1.53. The van der Waals surface area contributed by atoms with Crippen LogP contribution < -0.4 is 0 Å². The van der Waals surface area contributed by atoms with Crippen molar-refractivity contribution in [1.29, 1.82) is 0 Å². The Balaban J connectivity index is 3.04. The molecule has 0 saturated carbocycles. The van der Waals surface area contributed by atoms with Gasteiger partial charge in [-0.3, -0.25) is 9.59 Å². The van der Waals surface area contributed by atoms with Gasteiger partial charge in [0.15, 0.2) is 11.2 Å². The van der Waals surface area contributed by atoms with E-state index >= 15 is 0 Å². The quantitative estimate of drug-likeness (QED) is 0.514. The molecule has 0 aromatic heterocycles. The van der Waals surface area contributed by atoms with E-state index in [9.17, 15) is 14.7 Å². The topological polar surface area (TPSA) is 63.6 Å². The number of ketones is 1. The molecule has 4 nitrogen and oxygen atoms in total.